The molecule has 0 aliphatic carbocycles. The van der Waals surface area contributed by atoms with Gasteiger partial charge in [-0.1, -0.05) is 30.3 Å². The Bertz CT molecular complexity index is 700. The van der Waals surface area contributed by atoms with Gasteiger partial charge in [-0.15, -0.1) is 0 Å². The van der Waals surface area contributed by atoms with Crippen molar-refractivity contribution < 1.29 is 9.00 Å². The molecule has 0 unspecified atom stereocenters. The minimum atomic E-state index is -0.947. The number of rotatable bonds is 4. The fraction of sp³-hybridized carbons (Fsp3) is 0.188. The van der Waals surface area contributed by atoms with Gasteiger partial charge >= 0.3 is 0 Å². The molecule has 0 bridgehead atoms. The lowest BCUT2D eigenvalue weighted by molar-refractivity contribution is 0.102. The molecular weight excluding hydrogens is 397 g/mol. The Balaban J connectivity index is 2.28. The number of hydrogen-bond donors (Lipinski definition) is 1. The van der Waals surface area contributed by atoms with Crippen molar-refractivity contribution in [1.29, 1.82) is 0 Å². The van der Waals surface area contributed by atoms with Crippen LogP contribution in [0.15, 0.2) is 42.5 Å². The molecule has 5 heteroatoms. The highest BCUT2D eigenvalue weighted by atomic mass is 127. The van der Waals surface area contributed by atoms with Crippen molar-refractivity contribution >= 4 is 45.0 Å². The summed E-state index contributed by atoms with van der Waals surface area (Å²) in [5.74, 6) is 0.291. The standard InChI is InChI=1S/C16H16INO2S/c1-11-6-5-8-13(15(11)17)16(19)18-14-9-4-3-7-12(14)10-21(2)20/h3-9H,10H2,1-2H3,(H,18,19)/t21-/m0/s1. The van der Waals surface area contributed by atoms with Gasteiger partial charge in [0.1, 0.15) is 0 Å². The summed E-state index contributed by atoms with van der Waals surface area (Å²) < 4.78 is 12.4. The van der Waals surface area contributed by atoms with E-state index >= 15 is 0 Å². The Kier molecular flexibility index (Phi) is 5.52. The Labute approximate surface area is 140 Å². The summed E-state index contributed by atoms with van der Waals surface area (Å²) in [6, 6.07) is 13.1. The molecule has 1 atom stereocenters. The number of aryl methyl sites for hydroxylation is 1. The smallest absolute Gasteiger partial charge is 0.256 e. The van der Waals surface area contributed by atoms with Gasteiger partial charge in [0.15, 0.2) is 0 Å². The number of carbonyl (C=O) groups is 1. The van der Waals surface area contributed by atoms with Crippen LogP contribution in [0.25, 0.3) is 0 Å². The summed E-state index contributed by atoms with van der Waals surface area (Å²) in [7, 11) is -0.947. The molecule has 0 aliphatic heterocycles. The molecule has 110 valence electrons. The van der Waals surface area contributed by atoms with Crippen LogP contribution in [0.1, 0.15) is 21.5 Å². The summed E-state index contributed by atoms with van der Waals surface area (Å²) in [5, 5.41) is 2.92. The summed E-state index contributed by atoms with van der Waals surface area (Å²) in [4.78, 5) is 12.4. The van der Waals surface area contributed by atoms with Gasteiger partial charge in [0.25, 0.3) is 5.91 Å². The van der Waals surface area contributed by atoms with Crippen LogP contribution in [-0.4, -0.2) is 16.4 Å². The predicted molar refractivity (Wildman–Crippen MR) is 96.1 cm³/mol. The zero-order valence-corrected chi connectivity index (χ0v) is 14.8. The highest BCUT2D eigenvalue weighted by Crippen LogP contribution is 2.21. The molecule has 2 aromatic rings. The highest BCUT2D eigenvalue weighted by molar-refractivity contribution is 14.1. The molecule has 0 aromatic heterocycles. The van der Waals surface area contributed by atoms with Crippen molar-refractivity contribution in [1.82, 2.24) is 0 Å². The maximum Gasteiger partial charge on any atom is 0.256 e. The molecule has 2 rings (SSSR count). The lowest BCUT2D eigenvalue weighted by Gasteiger charge is -2.12. The topological polar surface area (TPSA) is 46.2 Å². The van der Waals surface area contributed by atoms with Crippen molar-refractivity contribution in [3.8, 4) is 0 Å². The lowest BCUT2D eigenvalue weighted by atomic mass is 10.1. The van der Waals surface area contributed by atoms with E-state index in [0.29, 0.717) is 11.3 Å². The molecule has 0 radical (unpaired) electrons. The normalized spacial score (nSPS) is 12.0. The average Bonchev–Trinajstić information content (AvgIpc) is 2.43. The first-order valence-electron chi connectivity index (χ1n) is 6.43. The van der Waals surface area contributed by atoms with Gasteiger partial charge in [0, 0.05) is 26.3 Å². The number of carbonyl (C=O) groups excluding carboxylic acids is 1. The SMILES string of the molecule is Cc1cccc(C(=O)Nc2ccccc2C[S@](C)=O)c1I. The van der Waals surface area contributed by atoms with Gasteiger partial charge in [-0.2, -0.15) is 0 Å². The van der Waals surface area contributed by atoms with Crippen LogP contribution >= 0.6 is 22.6 Å². The van der Waals surface area contributed by atoms with Crippen molar-refractivity contribution in [2.75, 3.05) is 11.6 Å². The predicted octanol–water partition coefficient (Wildman–Crippen LogP) is 3.73. The second-order valence-corrected chi connectivity index (χ2v) is 7.28. The van der Waals surface area contributed by atoms with Crippen LogP contribution < -0.4 is 5.32 Å². The highest BCUT2D eigenvalue weighted by Gasteiger charge is 2.13. The van der Waals surface area contributed by atoms with Gasteiger partial charge in [0.2, 0.25) is 0 Å². The first kappa shape index (κ1) is 16.2. The fourth-order valence-corrected chi connectivity index (χ4v) is 3.29. The summed E-state index contributed by atoms with van der Waals surface area (Å²) in [5.41, 5.74) is 3.33. The number of hydrogen-bond acceptors (Lipinski definition) is 2. The van der Waals surface area contributed by atoms with Crippen molar-refractivity contribution in [2.45, 2.75) is 12.7 Å². The number of anilines is 1. The number of halogens is 1. The quantitative estimate of drug-likeness (QED) is 0.777. The van der Waals surface area contributed by atoms with E-state index in [1.807, 2.05) is 49.4 Å². The first-order valence-corrected chi connectivity index (χ1v) is 9.24. The molecule has 0 saturated heterocycles. The first-order chi connectivity index (χ1) is 9.99. The van der Waals surface area contributed by atoms with Crippen LogP contribution in [0, 0.1) is 10.5 Å². The Hall–Kier alpha value is -1.21. The van der Waals surface area contributed by atoms with E-state index in [1.54, 1.807) is 6.26 Å². The molecule has 0 heterocycles. The molecule has 0 saturated carbocycles. The zero-order chi connectivity index (χ0) is 15.4. The van der Waals surface area contributed by atoms with E-state index in [0.717, 1.165) is 20.4 Å². The molecule has 21 heavy (non-hydrogen) atoms. The van der Waals surface area contributed by atoms with Crippen molar-refractivity contribution in [3.63, 3.8) is 0 Å². The Morgan fingerprint density at radius 3 is 2.62 bits per heavy atom. The molecule has 1 amide bonds. The van der Waals surface area contributed by atoms with Crippen LogP contribution in [0.2, 0.25) is 0 Å². The summed E-state index contributed by atoms with van der Waals surface area (Å²) in [6.07, 6.45) is 1.65. The van der Waals surface area contributed by atoms with E-state index in [-0.39, 0.29) is 5.91 Å². The van der Waals surface area contributed by atoms with Crippen LogP contribution in [0.5, 0.6) is 0 Å². The van der Waals surface area contributed by atoms with E-state index < -0.39 is 10.8 Å². The third-order valence-corrected chi connectivity index (χ3v) is 5.21. The number of benzene rings is 2. The largest absolute Gasteiger partial charge is 0.322 e. The van der Waals surface area contributed by atoms with E-state index in [1.165, 1.54) is 0 Å². The number of para-hydroxylation sites is 1. The van der Waals surface area contributed by atoms with Gasteiger partial charge in [-0.05, 0) is 52.8 Å². The van der Waals surface area contributed by atoms with Crippen molar-refractivity contribution in [3.05, 3.63) is 62.7 Å². The Morgan fingerprint density at radius 2 is 1.90 bits per heavy atom. The second kappa shape index (κ2) is 7.17. The number of nitrogens with one attached hydrogen (secondary N) is 1. The lowest BCUT2D eigenvalue weighted by Crippen LogP contribution is -2.15. The monoisotopic (exact) mass is 413 g/mol. The summed E-state index contributed by atoms with van der Waals surface area (Å²) >= 11 is 2.18. The van der Waals surface area contributed by atoms with Crippen molar-refractivity contribution in [2.24, 2.45) is 0 Å². The zero-order valence-electron chi connectivity index (χ0n) is 11.9. The maximum absolute atomic E-state index is 12.4. The maximum atomic E-state index is 12.4. The molecule has 2 aromatic carbocycles. The van der Waals surface area contributed by atoms with Gasteiger partial charge in [-0.25, -0.2) is 0 Å². The van der Waals surface area contributed by atoms with E-state index in [2.05, 4.69) is 27.9 Å². The second-order valence-electron chi connectivity index (χ2n) is 4.77. The van der Waals surface area contributed by atoms with E-state index in [9.17, 15) is 9.00 Å². The Morgan fingerprint density at radius 1 is 1.19 bits per heavy atom. The summed E-state index contributed by atoms with van der Waals surface area (Å²) in [6.45, 7) is 1.98. The third-order valence-electron chi connectivity index (χ3n) is 3.06. The van der Waals surface area contributed by atoms with Gasteiger partial charge < -0.3 is 5.32 Å². The molecule has 1 N–H and O–H groups in total. The fourth-order valence-electron chi connectivity index (χ4n) is 2.00. The molecule has 0 fully saturated rings. The average molecular weight is 413 g/mol. The van der Waals surface area contributed by atoms with Gasteiger partial charge in [0.05, 0.1) is 11.3 Å². The third kappa shape index (κ3) is 4.14. The molecule has 3 nitrogen and oxygen atoms in total. The van der Waals surface area contributed by atoms with Crippen LogP contribution in [0.4, 0.5) is 5.69 Å². The van der Waals surface area contributed by atoms with Crippen LogP contribution in [0.3, 0.4) is 0 Å². The minimum absolute atomic E-state index is 0.141. The molecular formula is C16H16INO2S. The van der Waals surface area contributed by atoms with E-state index in [4.69, 9.17) is 0 Å². The van der Waals surface area contributed by atoms with Crippen LogP contribution in [-0.2, 0) is 16.6 Å². The number of amides is 1. The minimum Gasteiger partial charge on any atom is -0.322 e. The van der Waals surface area contributed by atoms with Gasteiger partial charge in [-0.3, -0.25) is 9.00 Å². The molecule has 0 aliphatic rings. The molecule has 0 spiro atoms.